The van der Waals surface area contributed by atoms with Crippen LogP contribution < -0.4 is 14.8 Å². The van der Waals surface area contributed by atoms with Crippen molar-refractivity contribution in [2.45, 2.75) is 6.54 Å². The number of ether oxygens (including phenoxy) is 2. The fourth-order valence-electron chi connectivity index (χ4n) is 3.05. The number of furan rings is 1. The summed E-state index contributed by atoms with van der Waals surface area (Å²) in [4.78, 5) is 17.4. The largest absolute Gasteiger partial charge is 0.497 e. The second-order valence-corrected chi connectivity index (χ2v) is 6.14. The van der Waals surface area contributed by atoms with Gasteiger partial charge >= 0.3 is 0 Å². The van der Waals surface area contributed by atoms with E-state index >= 15 is 0 Å². The van der Waals surface area contributed by atoms with Gasteiger partial charge in [-0.3, -0.25) is 4.79 Å². The molecule has 4 aromatic rings. The smallest absolute Gasteiger partial charge is 0.244 e. The highest BCUT2D eigenvalue weighted by Gasteiger charge is 2.17. The topological polar surface area (TPSA) is 78.5 Å². The summed E-state index contributed by atoms with van der Waals surface area (Å²) in [5, 5.41) is 2.89. The number of nitrogens with one attached hydrogen (secondary N) is 1. The summed E-state index contributed by atoms with van der Waals surface area (Å²) in [6, 6.07) is 16.5. The Morgan fingerprint density at radius 1 is 1.07 bits per heavy atom. The van der Waals surface area contributed by atoms with Crippen LogP contribution in [0, 0.1) is 0 Å². The number of imidazole rings is 1. The molecule has 0 aliphatic heterocycles. The molecule has 142 valence electrons. The molecular weight excluding hydrogens is 358 g/mol. The number of amides is 1. The van der Waals surface area contributed by atoms with Crippen molar-refractivity contribution in [3.05, 3.63) is 60.9 Å². The van der Waals surface area contributed by atoms with Gasteiger partial charge < -0.3 is 23.8 Å². The van der Waals surface area contributed by atoms with Crippen molar-refractivity contribution in [3.8, 4) is 23.1 Å². The minimum Gasteiger partial charge on any atom is -0.497 e. The van der Waals surface area contributed by atoms with Crippen molar-refractivity contribution < 1.29 is 18.7 Å². The molecule has 0 fully saturated rings. The molecule has 1 N–H and O–H groups in total. The normalized spacial score (nSPS) is 10.8. The Morgan fingerprint density at radius 3 is 2.50 bits per heavy atom. The Balaban J connectivity index is 1.65. The molecule has 0 unspecified atom stereocenters. The van der Waals surface area contributed by atoms with E-state index in [0.29, 0.717) is 28.8 Å². The average molecular weight is 377 g/mol. The third-order valence-electron chi connectivity index (χ3n) is 4.33. The number of anilines is 1. The quantitative estimate of drug-likeness (QED) is 0.550. The second kappa shape index (κ2) is 7.48. The molecular formula is C21H19N3O4. The molecule has 1 amide bonds. The lowest BCUT2D eigenvalue weighted by Gasteiger charge is -2.11. The molecule has 0 aliphatic carbocycles. The maximum Gasteiger partial charge on any atom is 0.244 e. The predicted molar refractivity (Wildman–Crippen MR) is 106 cm³/mol. The fourth-order valence-corrected chi connectivity index (χ4v) is 3.05. The van der Waals surface area contributed by atoms with E-state index in [-0.39, 0.29) is 12.5 Å². The third kappa shape index (κ3) is 3.42. The molecule has 0 radical (unpaired) electrons. The Morgan fingerprint density at radius 2 is 1.82 bits per heavy atom. The number of carbonyl (C=O) groups is 1. The number of rotatable bonds is 6. The Kier molecular flexibility index (Phi) is 4.72. The van der Waals surface area contributed by atoms with E-state index in [1.165, 1.54) is 0 Å². The van der Waals surface area contributed by atoms with Crippen LogP contribution in [-0.2, 0) is 11.3 Å². The van der Waals surface area contributed by atoms with Crippen LogP contribution in [0.4, 0.5) is 5.69 Å². The van der Waals surface area contributed by atoms with Gasteiger partial charge in [-0.25, -0.2) is 4.98 Å². The van der Waals surface area contributed by atoms with Gasteiger partial charge in [-0.2, -0.15) is 0 Å². The summed E-state index contributed by atoms with van der Waals surface area (Å²) in [5.74, 6) is 2.20. The van der Waals surface area contributed by atoms with Crippen molar-refractivity contribution >= 4 is 22.6 Å². The maximum absolute atomic E-state index is 12.8. The summed E-state index contributed by atoms with van der Waals surface area (Å²) in [5.41, 5.74) is 2.24. The van der Waals surface area contributed by atoms with E-state index in [0.717, 1.165) is 11.0 Å². The van der Waals surface area contributed by atoms with Crippen molar-refractivity contribution in [2.24, 2.45) is 0 Å². The minimum absolute atomic E-state index is 0.0794. The van der Waals surface area contributed by atoms with Crippen LogP contribution in [0.15, 0.2) is 65.3 Å². The van der Waals surface area contributed by atoms with Crippen molar-refractivity contribution in [1.82, 2.24) is 9.55 Å². The molecule has 0 bridgehead atoms. The highest BCUT2D eigenvalue weighted by atomic mass is 16.5. The molecule has 28 heavy (non-hydrogen) atoms. The molecule has 0 saturated carbocycles. The van der Waals surface area contributed by atoms with Gasteiger partial charge in [-0.1, -0.05) is 12.1 Å². The Bertz CT molecular complexity index is 1090. The van der Waals surface area contributed by atoms with E-state index in [1.54, 1.807) is 44.7 Å². The number of carbonyl (C=O) groups excluding carboxylic acids is 1. The van der Waals surface area contributed by atoms with Crippen molar-refractivity contribution in [3.63, 3.8) is 0 Å². The van der Waals surface area contributed by atoms with Crippen molar-refractivity contribution in [2.75, 3.05) is 19.5 Å². The minimum atomic E-state index is -0.203. The van der Waals surface area contributed by atoms with Gasteiger partial charge in [0.05, 0.1) is 31.5 Å². The standard InChI is InChI=1S/C21H19N3O4/c1-26-15-10-14(11-16(12-15)27-2)22-20(25)13-24-18-7-4-3-6-17(18)23-21(24)19-8-5-9-28-19/h3-12H,13H2,1-2H3,(H,22,25). The molecule has 2 aromatic heterocycles. The summed E-state index contributed by atoms with van der Waals surface area (Å²) in [6.07, 6.45) is 1.58. The molecule has 0 spiro atoms. The van der Waals surface area contributed by atoms with E-state index < -0.39 is 0 Å². The number of nitrogens with zero attached hydrogens (tertiary/aromatic N) is 2. The maximum atomic E-state index is 12.8. The molecule has 4 rings (SSSR count). The zero-order valence-corrected chi connectivity index (χ0v) is 15.5. The molecule has 2 aromatic carbocycles. The number of methoxy groups -OCH3 is 2. The average Bonchev–Trinajstić information content (AvgIpc) is 3.36. The first-order valence-corrected chi connectivity index (χ1v) is 8.70. The Hall–Kier alpha value is -3.74. The van der Waals surface area contributed by atoms with Crippen LogP contribution in [-0.4, -0.2) is 29.7 Å². The zero-order valence-electron chi connectivity index (χ0n) is 15.5. The van der Waals surface area contributed by atoms with E-state index in [2.05, 4.69) is 10.3 Å². The lowest BCUT2D eigenvalue weighted by Crippen LogP contribution is -2.19. The van der Waals surface area contributed by atoms with Gasteiger partial charge in [-0.15, -0.1) is 0 Å². The van der Waals surface area contributed by atoms with Gasteiger partial charge in [0.1, 0.15) is 18.0 Å². The van der Waals surface area contributed by atoms with Crippen LogP contribution in [0.25, 0.3) is 22.6 Å². The van der Waals surface area contributed by atoms with Gasteiger partial charge in [0.25, 0.3) is 0 Å². The Labute approximate surface area is 161 Å². The van der Waals surface area contributed by atoms with Gasteiger partial charge in [-0.05, 0) is 24.3 Å². The summed E-state index contributed by atoms with van der Waals surface area (Å²) in [7, 11) is 3.13. The zero-order chi connectivity index (χ0) is 19.5. The number of hydrogen-bond acceptors (Lipinski definition) is 5. The fraction of sp³-hybridized carbons (Fsp3) is 0.143. The number of para-hydroxylation sites is 2. The summed E-state index contributed by atoms with van der Waals surface area (Å²) >= 11 is 0. The first-order chi connectivity index (χ1) is 13.7. The lowest BCUT2D eigenvalue weighted by molar-refractivity contribution is -0.116. The molecule has 0 atom stereocenters. The highest BCUT2D eigenvalue weighted by molar-refractivity contribution is 5.93. The van der Waals surface area contributed by atoms with Crippen molar-refractivity contribution in [1.29, 1.82) is 0 Å². The monoisotopic (exact) mass is 377 g/mol. The van der Waals surface area contributed by atoms with E-state index in [4.69, 9.17) is 13.9 Å². The molecule has 0 saturated heterocycles. The van der Waals surface area contributed by atoms with Crippen LogP contribution in [0.3, 0.4) is 0 Å². The molecule has 7 heteroatoms. The predicted octanol–water partition coefficient (Wildman–Crippen LogP) is 3.95. The number of fused-ring (bicyclic) bond motifs is 1. The number of benzene rings is 2. The van der Waals surface area contributed by atoms with Gasteiger partial charge in [0.15, 0.2) is 11.6 Å². The molecule has 2 heterocycles. The van der Waals surface area contributed by atoms with Gasteiger partial charge in [0.2, 0.25) is 5.91 Å². The van der Waals surface area contributed by atoms with E-state index in [1.807, 2.05) is 34.9 Å². The first-order valence-electron chi connectivity index (χ1n) is 8.70. The summed E-state index contributed by atoms with van der Waals surface area (Å²) < 4.78 is 17.8. The highest BCUT2D eigenvalue weighted by Crippen LogP contribution is 2.27. The van der Waals surface area contributed by atoms with Crippen LogP contribution >= 0.6 is 0 Å². The van der Waals surface area contributed by atoms with Gasteiger partial charge in [0, 0.05) is 23.9 Å². The number of hydrogen-bond donors (Lipinski definition) is 1. The molecule has 7 nitrogen and oxygen atoms in total. The third-order valence-corrected chi connectivity index (χ3v) is 4.33. The van der Waals surface area contributed by atoms with E-state index in [9.17, 15) is 4.79 Å². The van der Waals surface area contributed by atoms with Crippen LogP contribution in [0.1, 0.15) is 0 Å². The summed E-state index contributed by atoms with van der Waals surface area (Å²) in [6.45, 7) is 0.0794. The van der Waals surface area contributed by atoms with Crippen LogP contribution in [0.2, 0.25) is 0 Å². The van der Waals surface area contributed by atoms with Crippen LogP contribution in [0.5, 0.6) is 11.5 Å². The second-order valence-electron chi connectivity index (χ2n) is 6.14. The SMILES string of the molecule is COc1cc(NC(=O)Cn2c(-c3ccco3)nc3ccccc32)cc(OC)c1. The first kappa shape index (κ1) is 17.7. The lowest BCUT2D eigenvalue weighted by atomic mass is 10.2. The molecule has 0 aliphatic rings. The number of aromatic nitrogens is 2.